The molecule has 0 saturated heterocycles. The normalized spacial score (nSPS) is 27.9. The fourth-order valence-corrected chi connectivity index (χ4v) is 3.52. The highest BCUT2D eigenvalue weighted by molar-refractivity contribution is 5.76. The van der Waals surface area contributed by atoms with E-state index in [2.05, 4.69) is 11.4 Å². The van der Waals surface area contributed by atoms with Crippen LogP contribution in [0.5, 0.6) is 0 Å². The maximum atomic E-state index is 11.9. The molecule has 2 rings (SSSR count). The van der Waals surface area contributed by atoms with E-state index in [0.717, 1.165) is 38.0 Å². The van der Waals surface area contributed by atoms with E-state index in [1.807, 2.05) is 0 Å². The quantitative estimate of drug-likeness (QED) is 0.823. The van der Waals surface area contributed by atoms with Crippen molar-refractivity contribution in [3.63, 3.8) is 0 Å². The van der Waals surface area contributed by atoms with Gasteiger partial charge in [0.15, 0.2) is 0 Å². The van der Waals surface area contributed by atoms with Crippen molar-refractivity contribution >= 4 is 5.91 Å². The molecule has 2 fully saturated rings. The summed E-state index contributed by atoms with van der Waals surface area (Å²) in [7, 11) is 0. The molecule has 0 aliphatic heterocycles. The van der Waals surface area contributed by atoms with Crippen molar-refractivity contribution in [1.82, 2.24) is 5.32 Å². The summed E-state index contributed by atoms with van der Waals surface area (Å²) in [5.74, 6) is 1.33. The van der Waals surface area contributed by atoms with E-state index in [0.29, 0.717) is 12.5 Å². The van der Waals surface area contributed by atoms with Gasteiger partial charge in [-0.05, 0) is 44.4 Å². The highest BCUT2D eigenvalue weighted by Crippen LogP contribution is 2.29. The molecule has 0 bridgehead atoms. The van der Waals surface area contributed by atoms with Crippen LogP contribution in [-0.2, 0) is 4.79 Å². The Balaban J connectivity index is 1.55. The average Bonchev–Trinajstić information content (AvgIpc) is 2.93. The highest BCUT2D eigenvalue weighted by atomic mass is 16.1. The van der Waals surface area contributed by atoms with Gasteiger partial charge in [-0.15, -0.1) is 0 Å². The third kappa shape index (κ3) is 4.86. The molecule has 2 aliphatic rings. The van der Waals surface area contributed by atoms with Crippen molar-refractivity contribution in [3.05, 3.63) is 0 Å². The van der Waals surface area contributed by atoms with Gasteiger partial charge in [0.1, 0.15) is 0 Å². The lowest BCUT2D eigenvalue weighted by Gasteiger charge is -2.25. The van der Waals surface area contributed by atoms with Gasteiger partial charge in [-0.2, -0.15) is 5.26 Å². The number of rotatable bonds is 5. The lowest BCUT2D eigenvalue weighted by molar-refractivity contribution is -0.122. The van der Waals surface area contributed by atoms with Crippen LogP contribution in [0.3, 0.4) is 0 Å². The number of hydrogen-bond donors (Lipinski definition) is 1. The Bertz CT molecular complexity index is 320. The zero-order valence-electron chi connectivity index (χ0n) is 11.9. The minimum Gasteiger partial charge on any atom is -0.353 e. The summed E-state index contributed by atoms with van der Waals surface area (Å²) in [5, 5.41) is 12.0. The first kappa shape index (κ1) is 14.4. The number of nitrogens with one attached hydrogen (secondary N) is 1. The molecule has 1 amide bonds. The second kappa shape index (κ2) is 7.53. The number of hydrogen-bond acceptors (Lipinski definition) is 2. The molecule has 0 unspecified atom stereocenters. The predicted octanol–water partition coefficient (Wildman–Crippen LogP) is 3.55. The first-order valence-electron chi connectivity index (χ1n) is 7.97. The van der Waals surface area contributed by atoms with Crippen LogP contribution in [0.25, 0.3) is 0 Å². The maximum absolute atomic E-state index is 11.9. The first-order chi connectivity index (χ1) is 9.28. The Morgan fingerprint density at radius 1 is 1.11 bits per heavy atom. The van der Waals surface area contributed by atoms with Crippen LogP contribution >= 0.6 is 0 Å². The van der Waals surface area contributed by atoms with Crippen molar-refractivity contribution in [2.45, 2.75) is 76.7 Å². The van der Waals surface area contributed by atoms with Crippen LogP contribution in [-0.4, -0.2) is 11.9 Å². The maximum Gasteiger partial charge on any atom is 0.220 e. The summed E-state index contributed by atoms with van der Waals surface area (Å²) >= 11 is 0. The van der Waals surface area contributed by atoms with E-state index in [1.165, 1.54) is 32.1 Å². The first-order valence-corrected chi connectivity index (χ1v) is 7.97. The van der Waals surface area contributed by atoms with E-state index in [4.69, 9.17) is 5.26 Å². The van der Waals surface area contributed by atoms with E-state index in [9.17, 15) is 4.79 Å². The molecule has 0 radical (unpaired) electrons. The van der Waals surface area contributed by atoms with Gasteiger partial charge in [-0.25, -0.2) is 0 Å². The van der Waals surface area contributed by atoms with E-state index >= 15 is 0 Å². The highest BCUT2D eigenvalue weighted by Gasteiger charge is 2.22. The molecule has 3 heteroatoms. The summed E-state index contributed by atoms with van der Waals surface area (Å²) in [6, 6.07) is 2.65. The van der Waals surface area contributed by atoms with E-state index in [1.54, 1.807) is 0 Å². The molecule has 1 N–H and O–H groups in total. The topological polar surface area (TPSA) is 52.9 Å². The zero-order valence-corrected chi connectivity index (χ0v) is 11.9. The fraction of sp³-hybridized carbons (Fsp3) is 0.875. The summed E-state index contributed by atoms with van der Waals surface area (Å²) < 4.78 is 0. The molecular formula is C16H26N2O. The molecule has 106 valence electrons. The number of nitrogens with zero attached hydrogens (tertiary/aromatic N) is 1. The number of carbonyl (C=O) groups excluding carboxylic acids is 1. The Labute approximate surface area is 116 Å². The standard InChI is InChI=1S/C16H26N2O/c17-12-14-8-10-15(11-9-14)18-16(19)7-3-6-13-4-1-2-5-13/h13-15H,1-11H2,(H,18,19). The lowest BCUT2D eigenvalue weighted by Crippen LogP contribution is -2.37. The molecular weight excluding hydrogens is 236 g/mol. The summed E-state index contributed by atoms with van der Waals surface area (Å²) in [6.07, 6.45) is 12.3. The van der Waals surface area contributed by atoms with Crippen LogP contribution < -0.4 is 5.32 Å². The van der Waals surface area contributed by atoms with Gasteiger partial charge in [0.25, 0.3) is 0 Å². The zero-order chi connectivity index (χ0) is 13.5. The van der Waals surface area contributed by atoms with Crippen molar-refractivity contribution < 1.29 is 4.79 Å². The van der Waals surface area contributed by atoms with Crippen LogP contribution in [0, 0.1) is 23.2 Å². The minimum atomic E-state index is 0.218. The van der Waals surface area contributed by atoms with E-state index < -0.39 is 0 Å². The molecule has 0 aromatic rings. The lowest BCUT2D eigenvalue weighted by atomic mass is 9.87. The van der Waals surface area contributed by atoms with E-state index in [-0.39, 0.29) is 11.8 Å². The smallest absolute Gasteiger partial charge is 0.220 e. The van der Waals surface area contributed by atoms with Crippen molar-refractivity contribution in [2.75, 3.05) is 0 Å². The SMILES string of the molecule is N#CC1CCC(NC(=O)CCCC2CCCC2)CC1. The largest absolute Gasteiger partial charge is 0.353 e. The molecule has 0 aromatic heterocycles. The molecule has 0 heterocycles. The van der Waals surface area contributed by atoms with Crippen LogP contribution in [0.4, 0.5) is 0 Å². The van der Waals surface area contributed by atoms with Crippen LogP contribution in [0.2, 0.25) is 0 Å². The number of nitriles is 1. The van der Waals surface area contributed by atoms with Gasteiger partial charge in [-0.3, -0.25) is 4.79 Å². The molecule has 2 aliphatic carbocycles. The Kier molecular flexibility index (Phi) is 5.69. The van der Waals surface area contributed by atoms with Gasteiger partial charge >= 0.3 is 0 Å². The van der Waals surface area contributed by atoms with Gasteiger partial charge in [-0.1, -0.05) is 25.7 Å². The van der Waals surface area contributed by atoms with Crippen molar-refractivity contribution in [2.24, 2.45) is 11.8 Å². The minimum absolute atomic E-state index is 0.218. The molecule has 3 nitrogen and oxygen atoms in total. The third-order valence-corrected chi connectivity index (χ3v) is 4.77. The Morgan fingerprint density at radius 2 is 1.79 bits per heavy atom. The van der Waals surface area contributed by atoms with Gasteiger partial charge in [0.05, 0.1) is 6.07 Å². The second-order valence-electron chi connectivity index (χ2n) is 6.29. The van der Waals surface area contributed by atoms with Crippen LogP contribution in [0.1, 0.15) is 70.6 Å². The summed E-state index contributed by atoms with van der Waals surface area (Å²) in [6.45, 7) is 0. The van der Waals surface area contributed by atoms with Gasteiger partial charge in [0.2, 0.25) is 5.91 Å². The van der Waals surface area contributed by atoms with Gasteiger partial charge in [0, 0.05) is 18.4 Å². The molecule has 0 atom stereocenters. The predicted molar refractivity (Wildman–Crippen MR) is 75.3 cm³/mol. The average molecular weight is 262 g/mol. The summed E-state index contributed by atoms with van der Waals surface area (Å²) in [4.78, 5) is 11.9. The molecule has 0 spiro atoms. The monoisotopic (exact) mass is 262 g/mol. The van der Waals surface area contributed by atoms with Crippen molar-refractivity contribution in [3.8, 4) is 6.07 Å². The van der Waals surface area contributed by atoms with Crippen LogP contribution in [0.15, 0.2) is 0 Å². The molecule has 19 heavy (non-hydrogen) atoms. The summed E-state index contributed by atoms with van der Waals surface area (Å²) in [5.41, 5.74) is 0. The van der Waals surface area contributed by atoms with Gasteiger partial charge < -0.3 is 5.32 Å². The Morgan fingerprint density at radius 3 is 2.42 bits per heavy atom. The molecule has 0 aromatic carbocycles. The van der Waals surface area contributed by atoms with Crippen molar-refractivity contribution in [1.29, 1.82) is 5.26 Å². The Hall–Kier alpha value is -1.04. The number of amides is 1. The third-order valence-electron chi connectivity index (χ3n) is 4.77. The fourth-order valence-electron chi connectivity index (χ4n) is 3.52. The second-order valence-corrected chi connectivity index (χ2v) is 6.29. The molecule has 2 saturated carbocycles. The number of carbonyl (C=O) groups is 1.